The summed E-state index contributed by atoms with van der Waals surface area (Å²) in [5.41, 5.74) is 1.69. The van der Waals surface area contributed by atoms with Crippen LogP contribution in [0.3, 0.4) is 0 Å². The van der Waals surface area contributed by atoms with Crippen molar-refractivity contribution in [1.82, 2.24) is 0 Å². The average Bonchev–Trinajstić information content (AvgIpc) is 2.94. The van der Waals surface area contributed by atoms with Gasteiger partial charge in [-0.15, -0.1) is 0 Å². The number of carbonyl (C=O) groups is 1. The maximum atomic E-state index is 12.2. The minimum absolute atomic E-state index is 0.156. The highest BCUT2D eigenvalue weighted by molar-refractivity contribution is 5.70. The predicted octanol–water partition coefficient (Wildman–Crippen LogP) is 4.04. The van der Waals surface area contributed by atoms with E-state index in [-0.39, 0.29) is 5.97 Å². The number of nitrogens with zero attached hydrogens (tertiary/aromatic N) is 1. The molecule has 4 nitrogen and oxygen atoms in total. The fourth-order valence-electron chi connectivity index (χ4n) is 5.04. The molecule has 0 radical (unpaired) electrons. The first kappa shape index (κ1) is 20.3. The number of carbonyl (C=O) groups excluding carboxylic acids is 1. The lowest BCUT2D eigenvalue weighted by Gasteiger charge is -2.39. The highest BCUT2D eigenvalue weighted by Gasteiger charge is 2.61. The number of hydrogen-bond donors (Lipinski definition) is 0. The van der Waals surface area contributed by atoms with Crippen molar-refractivity contribution in [2.45, 2.75) is 52.7 Å². The quantitative estimate of drug-likeness (QED) is 0.509. The number of ether oxygens (including phenoxy) is 2. The molecule has 0 heterocycles. The van der Waals surface area contributed by atoms with Gasteiger partial charge in [0.15, 0.2) is 6.54 Å². The van der Waals surface area contributed by atoms with Gasteiger partial charge in [-0.3, -0.25) is 0 Å². The number of fused-ring (bicyclic) bond motifs is 2. The molecule has 150 valence electrons. The minimum Gasteiger partial charge on any atom is -0.457 e. The molecule has 2 aliphatic rings. The molecule has 0 aromatic heterocycles. The van der Waals surface area contributed by atoms with Gasteiger partial charge in [0.05, 0.1) is 26.8 Å². The van der Waals surface area contributed by atoms with E-state index < -0.39 is 0 Å². The van der Waals surface area contributed by atoms with E-state index in [1.165, 1.54) is 19.3 Å². The van der Waals surface area contributed by atoms with Crippen LogP contribution in [-0.2, 0) is 20.9 Å². The van der Waals surface area contributed by atoms with Gasteiger partial charge in [-0.1, -0.05) is 51.1 Å². The molecule has 0 aliphatic heterocycles. The lowest BCUT2D eigenvalue weighted by Crippen LogP contribution is -2.47. The van der Waals surface area contributed by atoms with E-state index in [1.54, 1.807) is 0 Å². The molecule has 3 atom stereocenters. The zero-order valence-corrected chi connectivity index (χ0v) is 17.7. The van der Waals surface area contributed by atoms with Crippen molar-refractivity contribution in [2.75, 3.05) is 33.8 Å². The third-order valence-corrected chi connectivity index (χ3v) is 7.53. The lowest BCUT2D eigenvalue weighted by atomic mass is 9.70. The summed E-state index contributed by atoms with van der Waals surface area (Å²) in [5.74, 6) is 0.639. The van der Waals surface area contributed by atoms with Gasteiger partial charge < -0.3 is 14.0 Å². The van der Waals surface area contributed by atoms with Gasteiger partial charge in [0.1, 0.15) is 13.2 Å². The van der Waals surface area contributed by atoms with Crippen LogP contribution >= 0.6 is 0 Å². The van der Waals surface area contributed by atoms with Crippen LogP contribution in [0.15, 0.2) is 30.3 Å². The van der Waals surface area contributed by atoms with Crippen LogP contribution in [0.5, 0.6) is 0 Å². The fourth-order valence-corrected chi connectivity index (χ4v) is 5.04. The van der Waals surface area contributed by atoms with Crippen LogP contribution in [0.25, 0.3) is 0 Å². The van der Waals surface area contributed by atoms with E-state index in [0.717, 1.165) is 18.0 Å². The second kappa shape index (κ2) is 7.56. The SMILES string of the molecule is CC1(C)[C@H]2CC[C@@]1(C)[C@@H](OCC[N+](C)(C)CC(=O)OCc1ccccc1)C2. The molecule has 27 heavy (non-hydrogen) atoms. The molecule has 0 N–H and O–H groups in total. The van der Waals surface area contributed by atoms with E-state index in [4.69, 9.17) is 9.47 Å². The molecule has 2 bridgehead atoms. The maximum Gasteiger partial charge on any atom is 0.362 e. The highest BCUT2D eigenvalue weighted by Crippen LogP contribution is 2.66. The van der Waals surface area contributed by atoms with Crippen molar-refractivity contribution in [1.29, 1.82) is 0 Å². The van der Waals surface area contributed by atoms with Crippen LogP contribution < -0.4 is 0 Å². The Balaban J connectivity index is 1.42. The summed E-state index contributed by atoms with van der Waals surface area (Å²) < 4.78 is 12.4. The summed E-state index contributed by atoms with van der Waals surface area (Å²) in [4.78, 5) is 12.2. The van der Waals surface area contributed by atoms with E-state index in [2.05, 4.69) is 34.9 Å². The number of quaternary nitrogens is 1. The number of rotatable bonds is 8. The summed E-state index contributed by atoms with van der Waals surface area (Å²) in [6, 6.07) is 9.82. The van der Waals surface area contributed by atoms with Crippen LogP contribution in [0.4, 0.5) is 0 Å². The van der Waals surface area contributed by atoms with Crippen LogP contribution in [-0.4, -0.2) is 50.3 Å². The van der Waals surface area contributed by atoms with E-state index >= 15 is 0 Å². The maximum absolute atomic E-state index is 12.2. The third kappa shape index (κ3) is 4.22. The Bertz CT molecular complexity index is 655. The van der Waals surface area contributed by atoms with Gasteiger partial charge in [-0.25, -0.2) is 4.79 Å². The van der Waals surface area contributed by atoms with Gasteiger partial charge >= 0.3 is 5.97 Å². The van der Waals surface area contributed by atoms with Gasteiger partial charge in [-0.05, 0) is 41.6 Å². The summed E-state index contributed by atoms with van der Waals surface area (Å²) in [6.45, 7) is 9.46. The second-order valence-electron chi connectivity index (χ2n) is 9.93. The van der Waals surface area contributed by atoms with Gasteiger partial charge in [0, 0.05) is 0 Å². The van der Waals surface area contributed by atoms with Crippen molar-refractivity contribution in [2.24, 2.45) is 16.7 Å². The third-order valence-electron chi connectivity index (χ3n) is 7.53. The number of likely N-dealkylation sites (N-methyl/N-ethyl adjacent to an activating group) is 1. The Morgan fingerprint density at radius 2 is 1.89 bits per heavy atom. The van der Waals surface area contributed by atoms with Crippen molar-refractivity contribution in [3.8, 4) is 0 Å². The largest absolute Gasteiger partial charge is 0.457 e. The van der Waals surface area contributed by atoms with Crippen molar-refractivity contribution < 1.29 is 18.8 Å². The fraction of sp³-hybridized carbons (Fsp3) is 0.696. The topological polar surface area (TPSA) is 35.5 Å². The van der Waals surface area contributed by atoms with Gasteiger partial charge in [-0.2, -0.15) is 0 Å². The first-order valence-corrected chi connectivity index (χ1v) is 10.3. The molecule has 0 spiro atoms. The van der Waals surface area contributed by atoms with Crippen molar-refractivity contribution >= 4 is 5.97 Å². The highest BCUT2D eigenvalue weighted by atomic mass is 16.5. The molecule has 3 rings (SSSR count). The Hall–Kier alpha value is -1.39. The molecule has 0 saturated heterocycles. The predicted molar refractivity (Wildman–Crippen MR) is 107 cm³/mol. The monoisotopic (exact) mass is 374 g/mol. The van der Waals surface area contributed by atoms with Gasteiger partial charge in [0.2, 0.25) is 0 Å². The summed E-state index contributed by atoms with van der Waals surface area (Å²) in [6.07, 6.45) is 4.17. The minimum atomic E-state index is -0.156. The lowest BCUT2D eigenvalue weighted by molar-refractivity contribution is -0.883. The average molecular weight is 375 g/mol. The van der Waals surface area contributed by atoms with E-state index in [9.17, 15) is 4.79 Å². The summed E-state index contributed by atoms with van der Waals surface area (Å²) >= 11 is 0. The van der Waals surface area contributed by atoms with Gasteiger partial charge in [0.25, 0.3) is 0 Å². The molecule has 1 aromatic rings. The first-order valence-electron chi connectivity index (χ1n) is 10.3. The van der Waals surface area contributed by atoms with Crippen molar-refractivity contribution in [3.63, 3.8) is 0 Å². The Kier molecular flexibility index (Phi) is 5.69. The van der Waals surface area contributed by atoms with Crippen LogP contribution in [0.2, 0.25) is 0 Å². The molecule has 0 amide bonds. The molecular weight excluding hydrogens is 338 g/mol. The molecule has 4 heteroatoms. The summed E-state index contributed by atoms with van der Waals surface area (Å²) in [5, 5.41) is 0. The normalized spacial score (nSPS) is 29.1. The Morgan fingerprint density at radius 3 is 2.48 bits per heavy atom. The van der Waals surface area contributed by atoms with Crippen LogP contribution in [0.1, 0.15) is 45.6 Å². The van der Waals surface area contributed by atoms with E-state index in [1.807, 2.05) is 30.3 Å². The molecule has 1 aromatic carbocycles. The number of hydrogen-bond acceptors (Lipinski definition) is 3. The Morgan fingerprint density at radius 1 is 1.19 bits per heavy atom. The van der Waals surface area contributed by atoms with Crippen LogP contribution in [0, 0.1) is 16.7 Å². The smallest absolute Gasteiger partial charge is 0.362 e. The first-order chi connectivity index (χ1) is 12.6. The number of benzene rings is 1. The van der Waals surface area contributed by atoms with E-state index in [0.29, 0.717) is 41.2 Å². The number of esters is 1. The molecule has 2 saturated carbocycles. The molecule has 2 aliphatic carbocycles. The van der Waals surface area contributed by atoms with Crippen molar-refractivity contribution in [3.05, 3.63) is 35.9 Å². The standard InChI is InChI=1S/C23H36NO3/c1-22(2)19-11-12-23(22,3)20(15-19)26-14-13-24(4,5)16-21(25)27-17-18-9-7-6-8-10-18/h6-10,19-20H,11-17H2,1-5H3/q+1/t19-,20-,23-/m0/s1. The second-order valence-corrected chi connectivity index (χ2v) is 9.93. The Labute approximate surface area is 164 Å². The zero-order chi connectivity index (χ0) is 19.7. The molecule has 2 fully saturated rings. The molecular formula is C23H36NO3+. The molecule has 0 unspecified atom stereocenters. The zero-order valence-electron chi connectivity index (χ0n) is 17.7. The summed E-state index contributed by atoms with van der Waals surface area (Å²) in [7, 11) is 4.14.